The maximum absolute atomic E-state index is 13.5. The Morgan fingerprint density at radius 1 is 1.35 bits per heavy atom. The molecule has 0 unspecified atom stereocenters. The van der Waals surface area contributed by atoms with E-state index in [-0.39, 0.29) is 17.5 Å². The molecule has 1 N–H and O–H groups in total. The topological polar surface area (TPSA) is 52.7 Å². The molecule has 0 saturated carbocycles. The highest BCUT2D eigenvalue weighted by atomic mass is 19.1. The van der Waals surface area contributed by atoms with E-state index < -0.39 is 11.7 Å². The van der Waals surface area contributed by atoms with Gasteiger partial charge in [-0.2, -0.15) is 0 Å². The van der Waals surface area contributed by atoms with Crippen LogP contribution in [0.4, 0.5) is 4.39 Å². The Morgan fingerprint density at radius 2 is 2.09 bits per heavy atom. The average Bonchev–Trinajstić information content (AvgIpc) is 2.99. The SMILES string of the molecule is CN(C)C(=O)[C@@H]1CCCN1CCCNC(=O)c1ccccc1F. The van der Waals surface area contributed by atoms with Crippen molar-refractivity contribution in [2.75, 3.05) is 33.7 Å². The molecular formula is C17H24FN3O2. The fraction of sp³-hybridized carbons (Fsp3) is 0.529. The standard InChI is InChI=1S/C17H24FN3O2/c1-20(2)17(23)15-9-5-11-21(15)12-6-10-19-16(22)13-7-3-4-8-14(13)18/h3-4,7-8,15H,5-6,9-12H2,1-2H3,(H,19,22)/t15-/m0/s1. The number of likely N-dealkylation sites (N-methyl/N-ethyl adjacent to an activating group) is 1. The molecule has 1 aliphatic heterocycles. The highest BCUT2D eigenvalue weighted by Crippen LogP contribution is 2.18. The number of benzene rings is 1. The Hall–Kier alpha value is -1.95. The fourth-order valence-corrected chi connectivity index (χ4v) is 2.90. The van der Waals surface area contributed by atoms with E-state index in [4.69, 9.17) is 0 Å². The van der Waals surface area contributed by atoms with Crippen LogP contribution in [0.1, 0.15) is 29.6 Å². The van der Waals surface area contributed by atoms with E-state index in [1.165, 1.54) is 12.1 Å². The first-order chi connectivity index (χ1) is 11.0. The monoisotopic (exact) mass is 321 g/mol. The van der Waals surface area contributed by atoms with Crippen LogP contribution >= 0.6 is 0 Å². The van der Waals surface area contributed by atoms with E-state index in [9.17, 15) is 14.0 Å². The molecule has 1 aromatic carbocycles. The van der Waals surface area contributed by atoms with E-state index in [2.05, 4.69) is 10.2 Å². The summed E-state index contributed by atoms with van der Waals surface area (Å²) < 4.78 is 13.5. The second-order valence-electron chi connectivity index (χ2n) is 6.02. The molecule has 1 fully saturated rings. The Kier molecular flexibility index (Phi) is 6.10. The minimum absolute atomic E-state index is 0.0488. The lowest BCUT2D eigenvalue weighted by atomic mass is 10.2. The lowest BCUT2D eigenvalue weighted by molar-refractivity contribution is -0.133. The van der Waals surface area contributed by atoms with Gasteiger partial charge in [0.25, 0.3) is 5.91 Å². The lowest BCUT2D eigenvalue weighted by Gasteiger charge is -2.26. The van der Waals surface area contributed by atoms with Crippen molar-refractivity contribution < 1.29 is 14.0 Å². The highest BCUT2D eigenvalue weighted by molar-refractivity contribution is 5.94. The molecule has 1 aliphatic rings. The molecule has 1 atom stereocenters. The van der Waals surface area contributed by atoms with Gasteiger partial charge in [0.1, 0.15) is 5.82 Å². The van der Waals surface area contributed by atoms with Crippen LogP contribution < -0.4 is 5.32 Å². The third-order valence-electron chi connectivity index (χ3n) is 4.12. The van der Waals surface area contributed by atoms with Crippen molar-refractivity contribution in [3.8, 4) is 0 Å². The van der Waals surface area contributed by atoms with E-state index in [1.807, 2.05) is 0 Å². The van der Waals surface area contributed by atoms with E-state index in [0.717, 1.165) is 32.4 Å². The molecule has 0 spiro atoms. The summed E-state index contributed by atoms with van der Waals surface area (Å²) in [7, 11) is 3.54. The normalized spacial score (nSPS) is 18.0. The van der Waals surface area contributed by atoms with Gasteiger partial charge in [0, 0.05) is 27.2 Å². The van der Waals surface area contributed by atoms with Gasteiger partial charge in [-0.05, 0) is 37.9 Å². The quantitative estimate of drug-likeness (QED) is 0.808. The molecule has 1 saturated heterocycles. The number of halogens is 1. The molecule has 2 amide bonds. The number of hydrogen-bond acceptors (Lipinski definition) is 3. The second kappa shape index (κ2) is 8.06. The molecule has 1 heterocycles. The molecule has 1 aromatic rings. The molecule has 6 heteroatoms. The predicted octanol–water partition coefficient (Wildman–Crippen LogP) is 1.50. The van der Waals surface area contributed by atoms with Crippen LogP contribution in [0.5, 0.6) is 0 Å². The van der Waals surface area contributed by atoms with Crippen molar-refractivity contribution in [1.82, 2.24) is 15.1 Å². The number of amides is 2. The molecule has 0 bridgehead atoms. The summed E-state index contributed by atoms with van der Waals surface area (Å²) in [5.41, 5.74) is 0.0642. The van der Waals surface area contributed by atoms with Crippen molar-refractivity contribution in [2.45, 2.75) is 25.3 Å². The summed E-state index contributed by atoms with van der Waals surface area (Å²) >= 11 is 0. The average molecular weight is 321 g/mol. The first-order valence-corrected chi connectivity index (χ1v) is 7.98. The summed E-state index contributed by atoms with van der Waals surface area (Å²) in [4.78, 5) is 27.8. The van der Waals surface area contributed by atoms with Crippen molar-refractivity contribution in [3.05, 3.63) is 35.6 Å². The maximum Gasteiger partial charge on any atom is 0.254 e. The van der Waals surface area contributed by atoms with Crippen LogP contribution in [-0.4, -0.2) is 61.4 Å². The number of nitrogens with zero attached hydrogens (tertiary/aromatic N) is 2. The van der Waals surface area contributed by atoms with E-state index in [1.54, 1.807) is 31.1 Å². The largest absolute Gasteiger partial charge is 0.352 e. The lowest BCUT2D eigenvalue weighted by Crippen LogP contribution is -2.43. The number of hydrogen-bond donors (Lipinski definition) is 1. The zero-order valence-electron chi connectivity index (χ0n) is 13.7. The van der Waals surface area contributed by atoms with E-state index >= 15 is 0 Å². The second-order valence-corrected chi connectivity index (χ2v) is 6.02. The Bertz CT molecular complexity index is 563. The van der Waals surface area contributed by atoms with Gasteiger partial charge in [-0.25, -0.2) is 4.39 Å². The van der Waals surface area contributed by atoms with Gasteiger partial charge in [-0.1, -0.05) is 12.1 Å². The smallest absolute Gasteiger partial charge is 0.254 e. The van der Waals surface area contributed by atoms with Gasteiger partial charge in [-0.3, -0.25) is 14.5 Å². The number of likely N-dealkylation sites (tertiary alicyclic amines) is 1. The van der Waals surface area contributed by atoms with Crippen LogP contribution in [0.25, 0.3) is 0 Å². The Labute approximate surface area is 136 Å². The number of rotatable bonds is 6. The summed E-state index contributed by atoms with van der Waals surface area (Å²) in [6, 6.07) is 5.89. The first kappa shape index (κ1) is 17.4. The Morgan fingerprint density at radius 3 is 2.78 bits per heavy atom. The van der Waals surface area contributed by atoms with Crippen LogP contribution in [-0.2, 0) is 4.79 Å². The number of carbonyl (C=O) groups is 2. The predicted molar refractivity (Wildman–Crippen MR) is 86.6 cm³/mol. The van der Waals surface area contributed by atoms with Gasteiger partial charge in [-0.15, -0.1) is 0 Å². The Balaban J connectivity index is 1.76. The molecule has 0 aliphatic carbocycles. The maximum atomic E-state index is 13.5. The van der Waals surface area contributed by atoms with Gasteiger partial charge in [0.15, 0.2) is 0 Å². The van der Waals surface area contributed by atoms with Crippen LogP contribution in [0.3, 0.4) is 0 Å². The molecule has 2 rings (SSSR count). The van der Waals surface area contributed by atoms with E-state index in [0.29, 0.717) is 6.54 Å². The van der Waals surface area contributed by atoms with Crippen LogP contribution in [0.15, 0.2) is 24.3 Å². The third-order valence-corrected chi connectivity index (χ3v) is 4.12. The summed E-state index contributed by atoms with van der Waals surface area (Å²) in [6.07, 6.45) is 2.64. The van der Waals surface area contributed by atoms with Crippen molar-refractivity contribution in [1.29, 1.82) is 0 Å². The number of carbonyl (C=O) groups excluding carboxylic acids is 2. The summed E-state index contributed by atoms with van der Waals surface area (Å²) in [6.45, 7) is 2.12. The first-order valence-electron chi connectivity index (χ1n) is 7.98. The molecule has 126 valence electrons. The van der Waals surface area contributed by atoms with Gasteiger partial charge in [0.2, 0.25) is 5.91 Å². The minimum Gasteiger partial charge on any atom is -0.352 e. The van der Waals surface area contributed by atoms with Crippen LogP contribution in [0.2, 0.25) is 0 Å². The molecule has 23 heavy (non-hydrogen) atoms. The zero-order chi connectivity index (χ0) is 16.8. The highest BCUT2D eigenvalue weighted by Gasteiger charge is 2.30. The van der Waals surface area contributed by atoms with Gasteiger partial charge in [0.05, 0.1) is 11.6 Å². The van der Waals surface area contributed by atoms with Gasteiger partial charge >= 0.3 is 0 Å². The molecule has 0 radical (unpaired) electrons. The zero-order valence-corrected chi connectivity index (χ0v) is 13.7. The summed E-state index contributed by atoms with van der Waals surface area (Å²) in [5, 5.41) is 2.73. The molecule has 0 aromatic heterocycles. The number of nitrogens with one attached hydrogen (secondary N) is 1. The van der Waals surface area contributed by atoms with Crippen molar-refractivity contribution >= 4 is 11.8 Å². The molecular weight excluding hydrogens is 297 g/mol. The van der Waals surface area contributed by atoms with Crippen LogP contribution in [0, 0.1) is 5.82 Å². The third kappa shape index (κ3) is 4.51. The minimum atomic E-state index is -0.513. The van der Waals surface area contributed by atoms with Gasteiger partial charge < -0.3 is 10.2 Å². The summed E-state index contributed by atoms with van der Waals surface area (Å²) in [5.74, 6) is -0.774. The van der Waals surface area contributed by atoms with Crippen molar-refractivity contribution in [2.24, 2.45) is 0 Å². The molecule has 5 nitrogen and oxygen atoms in total. The fourth-order valence-electron chi connectivity index (χ4n) is 2.90. The van der Waals surface area contributed by atoms with Crippen molar-refractivity contribution in [3.63, 3.8) is 0 Å².